The van der Waals surface area contributed by atoms with Gasteiger partial charge in [0.25, 0.3) is 5.91 Å². The molecule has 2 aliphatic rings. The molecule has 7 nitrogen and oxygen atoms in total. The van der Waals surface area contributed by atoms with E-state index in [1.165, 1.54) is 0 Å². The maximum Gasteiger partial charge on any atom is 0.255 e. The summed E-state index contributed by atoms with van der Waals surface area (Å²) in [7, 11) is 0. The lowest BCUT2D eigenvalue weighted by atomic mass is 9.99. The Kier molecular flexibility index (Phi) is 6.59. The number of hydrogen-bond acceptors (Lipinski definition) is 6. The van der Waals surface area contributed by atoms with Gasteiger partial charge >= 0.3 is 0 Å². The summed E-state index contributed by atoms with van der Waals surface area (Å²) in [6.45, 7) is 3.00. The van der Waals surface area contributed by atoms with Crippen molar-refractivity contribution in [3.63, 3.8) is 0 Å². The molecule has 4 aromatic rings. The van der Waals surface area contributed by atoms with Crippen LogP contribution in [0.3, 0.4) is 0 Å². The highest BCUT2D eigenvalue weighted by Gasteiger charge is 2.28. The van der Waals surface area contributed by atoms with Crippen molar-refractivity contribution in [1.29, 1.82) is 0 Å². The van der Waals surface area contributed by atoms with Gasteiger partial charge in [0.05, 0.1) is 52.7 Å². The van der Waals surface area contributed by atoms with Crippen LogP contribution in [0, 0.1) is 0 Å². The Labute approximate surface area is 224 Å². The number of fused-ring (bicyclic) bond motifs is 2. The van der Waals surface area contributed by atoms with Crippen LogP contribution in [-0.2, 0) is 4.74 Å². The lowest BCUT2D eigenvalue weighted by Gasteiger charge is -2.32. The van der Waals surface area contributed by atoms with Crippen molar-refractivity contribution in [1.82, 2.24) is 15.3 Å². The van der Waals surface area contributed by atoms with E-state index in [1.54, 1.807) is 24.7 Å². The fourth-order valence-corrected chi connectivity index (χ4v) is 5.43. The van der Waals surface area contributed by atoms with Crippen molar-refractivity contribution in [2.75, 3.05) is 37.8 Å². The minimum atomic E-state index is -0.191. The van der Waals surface area contributed by atoms with Crippen LogP contribution in [-0.4, -0.2) is 48.8 Å². The van der Waals surface area contributed by atoms with Crippen molar-refractivity contribution in [2.24, 2.45) is 0 Å². The molecule has 2 aromatic heterocycles. The number of halogens is 2. The summed E-state index contributed by atoms with van der Waals surface area (Å²) in [6, 6.07) is 13.1. The summed E-state index contributed by atoms with van der Waals surface area (Å²) in [5, 5.41) is 4.89. The zero-order chi connectivity index (χ0) is 25.4. The SMILES string of the molecule is O=C(N[C@H]1CCOc2ccccc21)c1cnc2c(-c3cccc(Cl)c3Cl)cncc2c1N1CCOCC1. The molecular formula is C28H24Cl2N4O3. The second-order valence-electron chi connectivity index (χ2n) is 9.01. The summed E-state index contributed by atoms with van der Waals surface area (Å²) in [4.78, 5) is 25.2. The van der Waals surface area contributed by atoms with Gasteiger partial charge in [-0.3, -0.25) is 14.8 Å². The molecule has 1 N–H and O–H groups in total. The summed E-state index contributed by atoms with van der Waals surface area (Å²) in [5.41, 5.74) is 4.46. The van der Waals surface area contributed by atoms with Crippen molar-refractivity contribution in [3.8, 4) is 16.9 Å². The number of hydrogen-bond donors (Lipinski definition) is 1. The zero-order valence-corrected chi connectivity index (χ0v) is 21.4. The van der Waals surface area contributed by atoms with E-state index in [4.69, 9.17) is 37.7 Å². The van der Waals surface area contributed by atoms with Crippen LogP contribution in [0.5, 0.6) is 5.75 Å². The van der Waals surface area contributed by atoms with Crippen LogP contribution in [0.1, 0.15) is 28.4 Å². The summed E-state index contributed by atoms with van der Waals surface area (Å²) < 4.78 is 11.4. The minimum Gasteiger partial charge on any atom is -0.493 e. The number of pyridine rings is 2. The van der Waals surface area contributed by atoms with Gasteiger partial charge in [0, 0.05) is 60.2 Å². The molecule has 1 fully saturated rings. The highest BCUT2D eigenvalue weighted by atomic mass is 35.5. The average Bonchev–Trinajstić information content (AvgIpc) is 2.94. The Morgan fingerprint density at radius 2 is 1.81 bits per heavy atom. The van der Waals surface area contributed by atoms with E-state index in [2.05, 4.69) is 15.2 Å². The summed E-state index contributed by atoms with van der Waals surface area (Å²) in [6.07, 6.45) is 5.83. The topological polar surface area (TPSA) is 76.6 Å². The number of anilines is 1. The highest BCUT2D eigenvalue weighted by Crippen LogP contribution is 2.39. The van der Waals surface area contributed by atoms with Crippen LogP contribution >= 0.6 is 23.2 Å². The molecule has 1 saturated heterocycles. The fourth-order valence-electron chi connectivity index (χ4n) is 5.03. The summed E-state index contributed by atoms with van der Waals surface area (Å²) in [5.74, 6) is 0.611. The van der Waals surface area contributed by atoms with Gasteiger partial charge in [0.2, 0.25) is 0 Å². The zero-order valence-electron chi connectivity index (χ0n) is 19.9. The number of carbonyl (C=O) groups is 1. The number of benzene rings is 2. The molecule has 4 heterocycles. The Morgan fingerprint density at radius 1 is 0.973 bits per heavy atom. The van der Waals surface area contributed by atoms with E-state index in [-0.39, 0.29) is 11.9 Å². The van der Waals surface area contributed by atoms with Crippen LogP contribution < -0.4 is 15.0 Å². The third kappa shape index (κ3) is 4.48. The number of carbonyl (C=O) groups excluding carboxylic acids is 1. The van der Waals surface area contributed by atoms with E-state index in [9.17, 15) is 4.79 Å². The molecule has 0 saturated carbocycles. The predicted octanol–water partition coefficient (Wildman–Crippen LogP) is 5.69. The molecule has 188 valence electrons. The second kappa shape index (κ2) is 10.2. The lowest BCUT2D eigenvalue weighted by Crippen LogP contribution is -2.39. The van der Waals surface area contributed by atoms with Crippen LogP contribution in [0.25, 0.3) is 22.0 Å². The van der Waals surface area contributed by atoms with Gasteiger partial charge in [-0.2, -0.15) is 0 Å². The maximum absolute atomic E-state index is 13.8. The fraction of sp³-hybridized carbons (Fsp3) is 0.250. The van der Waals surface area contributed by atoms with Gasteiger partial charge in [-0.25, -0.2) is 0 Å². The molecule has 0 unspecified atom stereocenters. The third-order valence-corrected chi connectivity index (χ3v) is 7.65. The molecular weight excluding hydrogens is 511 g/mol. The number of morpholine rings is 1. The molecule has 37 heavy (non-hydrogen) atoms. The Balaban J connectivity index is 1.46. The van der Waals surface area contributed by atoms with Crippen molar-refractivity contribution in [2.45, 2.75) is 12.5 Å². The van der Waals surface area contributed by atoms with Crippen molar-refractivity contribution in [3.05, 3.63) is 82.2 Å². The molecule has 0 bridgehead atoms. The Bertz CT molecular complexity index is 1490. The van der Waals surface area contributed by atoms with Crippen molar-refractivity contribution >= 4 is 45.7 Å². The van der Waals surface area contributed by atoms with Gasteiger partial charge in [0.15, 0.2) is 0 Å². The summed E-state index contributed by atoms with van der Waals surface area (Å²) >= 11 is 12.9. The monoisotopic (exact) mass is 534 g/mol. The number of ether oxygens (including phenoxy) is 2. The molecule has 0 radical (unpaired) electrons. The van der Waals surface area contributed by atoms with E-state index in [0.29, 0.717) is 60.5 Å². The third-order valence-electron chi connectivity index (χ3n) is 6.83. The minimum absolute atomic E-state index is 0.152. The van der Waals surface area contributed by atoms with E-state index in [0.717, 1.165) is 33.5 Å². The van der Waals surface area contributed by atoms with Crippen molar-refractivity contribution < 1.29 is 14.3 Å². The first kappa shape index (κ1) is 24.0. The second-order valence-corrected chi connectivity index (χ2v) is 9.79. The van der Waals surface area contributed by atoms with E-state index >= 15 is 0 Å². The molecule has 2 aromatic carbocycles. The van der Waals surface area contributed by atoms with Gasteiger partial charge in [-0.1, -0.05) is 53.5 Å². The smallest absolute Gasteiger partial charge is 0.255 e. The predicted molar refractivity (Wildman–Crippen MR) is 145 cm³/mol. The van der Waals surface area contributed by atoms with Crippen LogP contribution in [0.4, 0.5) is 5.69 Å². The normalized spacial score (nSPS) is 17.2. The standard InChI is InChI=1S/C28H24Cl2N4O3/c29-22-6-3-5-17(25(22)30)19-14-31-15-20-26(19)32-16-21(27(20)34-9-12-36-13-10-34)28(35)33-23-8-11-37-24-7-2-1-4-18(23)24/h1-7,14-16,23H,8-13H2,(H,33,35)/t23-/m0/s1. The van der Waals surface area contributed by atoms with Gasteiger partial charge < -0.3 is 19.7 Å². The highest BCUT2D eigenvalue weighted by molar-refractivity contribution is 6.44. The first-order valence-electron chi connectivity index (χ1n) is 12.2. The van der Waals surface area contributed by atoms with E-state index < -0.39 is 0 Å². The quantitative estimate of drug-likeness (QED) is 0.362. The van der Waals surface area contributed by atoms with E-state index in [1.807, 2.05) is 36.4 Å². The first-order valence-corrected chi connectivity index (χ1v) is 12.9. The lowest BCUT2D eigenvalue weighted by molar-refractivity contribution is 0.0923. The molecule has 1 atom stereocenters. The largest absolute Gasteiger partial charge is 0.493 e. The van der Waals surface area contributed by atoms with Crippen LogP contribution in [0.2, 0.25) is 10.0 Å². The molecule has 1 amide bonds. The number of para-hydroxylation sites is 1. The number of nitrogens with zero attached hydrogens (tertiary/aromatic N) is 3. The Morgan fingerprint density at radius 3 is 2.68 bits per heavy atom. The first-order chi connectivity index (χ1) is 18.1. The number of rotatable bonds is 4. The number of aromatic nitrogens is 2. The molecule has 9 heteroatoms. The molecule has 2 aliphatic heterocycles. The Hall–Kier alpha value is -3.39. The van der Waals surface area contributed by atoms with Gasteiger partial charge in [-0.05, 0) is 12.1 Å². The van der Waals surface area contributed by atoms with Crippen LogP contribution in [0.15, 0.2) is 61.1 Å². The number of nitrogens with one attached hydrogen (secondary N) is 1. The van der Waals surface area contributed by atoms with Gasteiger partial charge in [0.1, 0.15) is 5.75 Å². The maximum atomic E-state index is 13.8. The molecule has 6 rings (SSSR count). The average molecular weight is 535 g/mol. The molecule has 0 spiro atoms. The number of amides is 1. The van der Waals surface area contributed by atoms with Gasteiger partial charge in [-0.15, -0.1) is 0 Å². The molecule has 0 aliphatic carbocycles.